The van der Waals surface area contributed by atoms with Gasteiger partial charge in [0, 0.05) is 12.2 Å². The zero-order valence-corrected chi connectivity index (χ0v) is 17.2. The minimum absolute atomic E-state index is 0.0229. The van der Waals surface area contributed by atoms with E-state index < -0.39 is 0 Å². The number of thioether (sulfide) groups is 1. The summed E-state index contributed by atoms with van der Waals surface area (Å²) in [7, 11) is 0. The van der Waals surface area contributed by atoms with E-state index in [-0.39, 0.29) is 5.91 Å². The third kappa shape index (κ3) is 4.51. The van der Waals surface area contributed by atoms with Crippen molar-refractivity contribution in [3.8, 4) is 0 Å². The molecule has 0 atom stereocenters. The Labute approximate surface area is 175 Å². The summed E-state index contributed by atoms with van der Waals surface area (Å²) >= 11 is 1.47. The van der Waals surface area contributed by atoms with E-state index in [4.69, 9.17) is 0 Å². The normalized spacial score (nSPS) is 10.9. The predicted octanol–water partition coefficient (Wildman–Crippen LogP) is 5.38. The van der Waals surface area contributed by atoms with E-state index in [0.29, 0.717) is 5.75 Å². The molecule has 146 valence electrons. The number of aromatic nitrogens is 2. The smallest absolute Gasteiger partial charge is 0.234 e. The first-order valence-corrected chi connectivity index (χ1v) is 10.7. The van der Waals surface area contributed by atoms with Crippen LogP contribution in [0, 0.1) is 0 Å². The maximum Gasteiger partial charge on any atom is 0.234 e. The Balaban J connectivity index is 1.44. The third-order valence-corrected chi connectivity index (χ3v) is 5.77. The lowest BCUT2D eigenvalue weighted by atomic mass is 10.0. The predicted molar refractivity (Wildman–Crippen MR) is 120 cm³/mol. The number of nitrogens with one attached hydrogen (secondary N) is 1. The molecule has 0 aliphatic rings. The maximum absolute atomic E-state index is 12.6. The van der Waals surface area contributed by atoms with E-state index in [2.05, 4.69) is 46.1 Å². The van der Waals surface area contributed by atoms with Crippen LogP contribution in [0.15, 0.2) is 84.0 Å². The second-order valence-electron chi connectivity index (χ2n) is 6.78. The summed E-state index contributed by atoms with van der Waals surface area (Å²) in [5.74, 6) is 0.299. The Hall–Kier alpha value is -3.05. The molecule has 0 aliphatic carbocycles. The first kappa shape index (κ1) is 19.3. The molecule has 0 radical (unpaired) electrons. The molecule has 0 bridgehead atoms. The van der Waals surface area contributed by atoms with Crippen molar-refractivity contribution in [1.29, 1.82) is 0 Å². The molecular formula is C24H23N3OS. The van der Waals surface area contributed by atoms with E-state index in [1.54, 1.807) is 0 Å². The van der Waals surface area contributed by atoms with Crippen molar-refractivity contribution < 1.29 is 4.79 Å². The van der Waals surface area contributed by atoms with Crippen LogP contribution in [0.25, 0.3) is 11.0 Å². The molecule has 0 saturated carbocycles. The van der Waals surface area contributed by atoms with E-state index in [0.717, 1.165) is 40.4 Å². The number of nitrogens with zero attached hydrogens (tertiary/aromatic N) is 2. The number of fused-ring (bicyclic) bond motifs is 1. The topological polar surface area (TPSA) is 46.9 Å². The van der Waals surface area contributed by atoms with Gasteiger partial charge in [0.2, 0.25) is 5.91 Å². The minimum Gasteiger partial charge on any atom is -0.325 e. The van der Waals surface area contributed by atoms with Crippen molar-refractivity contribution in [2.45, 2.75) is 25.0 Å². The highest BCUT2D eigenvalue weighted by atomic mass is 32.2. The number of aryl methyl sites for hydroxylation is 1. The number of anilines is 1. The van der Waals surface area contributed by atoms with Gasteiger partial charge < -0.3 is 9.88 Å². The molecule has 0 fully saturated rings. The van der Waals surface area contributed by atoms with Gasteiger partial charge in [-0.15, -0.1) is 0 Å². The molecular weight excluding hydrogens is 378 g/mol. The Morgan fingerprint density at radius 1 is 0.966 bits per heavy atom. The van der Waals surface area contributed by atoms with Crippen LogP contribution in [0.1, 0.15) is 18.1 Å². The third-order valence-electron chi connectivity index (χ3n) is 4.80. The lowest BCUT2D eigenvalue weighted by molar-refractivity contribution is -0.113. The van der Waals surface area contributed by atoms with Crippen LogP contribution >= 0.6 is 11.8 Å². The summed E-state index contributed by atoms with van der Waals surface area (Å²) in [6.45, 7) is 2.92. The van der Waals surface area contributed by atoms with Gasteiger partial charge in [-0.3, -0.25) is 4.79 Å². The van der Waals surface area contributed by atoms with E-state index in [1.165, 1.54) is 17.3 Å². The van der Waals surface area contributed by atoms with Crippen LogP contribution < -0.4 is 5.32 Å². The van der Waals surface area contributed by atoms with Gasteiger partial charge in [0.1, 0.15) is 0 Å². The van der Waals surface area contributed by atoms with Crippen molar-refractivity contribution in [1.82, 2.24) is 9.55 Å². The molecule has 4 aromatic rings. The highest BCUT2D eigenvalue weighted by Gasteiger charge is 2.13. The van der Waals surface area contributed by atoms with Crippen LogP contribution in [-0.2, 0) is 17.8 Å². The number of para-hydroxylation sites is 3. The van der Waals surface area contributed by atoms with Crippen LogP contribution in [0.3, 0.4) is 0 Å². The number of rotatable bonds is 7. The van der Waals surface area contributed by atoms with Gasteiger partial charge in [-0.1, -0.05) is 72.4 Å². The van der Waals surface area contributed by atoms with Crippen molar-refractivity contribution in [2.24, 2.45) is 0 Å². The molecule has 0 unspecified atom stereocenters. The van der Waals surface area contributed by atoms with Crippen molar-refractivity contribution >= 4 is 34.4 Å². The Morgan fingerprint density at radius 2 is 1.69 bits per heavy atom. The quantitative estimate of drug-likeness (QED) is 0.423. The molecule has 29 heavy (non-hydrogen) atoms. The first-order chi connectivity index (χ1) is 14.2. The largest absolute Gasteiger partial charge is 0.325 e. The molecule has 0 spiro atoms. The van der Waals surface area contributed by atoms with Crippen LogP contribution in [0.4, 0.5) is 5.69 Å². The monoisotopic (exact) mass is 401 g/mol. The van der Waals surface area contributed by atoms with Crippen LogP contribution in [0.5, 0.6) is 0 Å². The standard InChI is InChI=1S/C24H23N3OS/c1-2-27-22-15-9-8-14-21(22)26-24(27)29-17-23(28)25-20-13-7-6-12-19(20)16-18-10-4-3-5-11-18/h3-15H,2,16-17H2,1H3,(H,25,28). The van der Waals surface area contributed by atoms with Gasteiger partial charge in [0.25, 0.3) is 0 Å². The lowest BCUT2D eigenvalue weighted by Crippen LogP contribution is -2.16. The van der Waals surface area contributed by atoms with Gasteiger partial charge in [-0.05, 0) is 42.7 Å². The number of amides is 1. The number of benzene rings is 3. The highest BCUT2D eigenvalue weighted by Crippen LogP contribution is 2.25. The Kier molecular flexibility index (Phi) is 5.96. The average molecular weight is 402 g/mol. The number of carbonyl (C=O) groups excluding carboxylic acids is 1. The first-order valence-electron chi connectivity index (χ1n) is 9.74. The second kappa shape index (κ2) is 8.97. The van der Waals surface area contributed by atoms with Gasteiger partial charge in [0.05, 0.1) is 16.8 Å². The molecule has 1 heterocycles. The SMILES string of the molecule is CCn1c(SCC(=O)Nc2ccccc2Cc2ccccc2)nc2ccccc21. The summed E-state index contributed by atoms with van der Waals surface area (Å²) < 4.78 is 2.15. The van der Waals surface area contributed by atoms with Crippen molar-refractivity contribution in [3.05, 3.63) is 90.0 Å². The molecule has 0 aliphatic heterocycles. The van der Waals surface area contributed by atoms with E-state index in [1.807, 2.05) is 54.6 Å². The molecule has 4 nitrogen and oxygen atoms in total. The summed E-state index contributed by atoms with van der Waals surface area (Å²) in [6.07, 6.45) is 0.788. The van der Waals surface area contributed by atoms with Crippen molar-refractivity contribution in [2.75, 3.05) is 11.1 Å². The molecule has 1 amide bonds. The van der Waals surface area contributed by atoms with Gasteiger partial charge in [0.15, 0.2) is 5.16 Å². The second-order valence-corrected chi connectivity index (χ2v) is 7.73. The lowest BCUT2D eigenvalue weighted by Gasteiger charge is -2.11. The van der Waals surface area contributed by atoms with E-state index >= 15 is 0 Å². The summed E-state index contributed by atoms with van der Waals surface area (Å²) in [5.41, 5.74) is 5.26. The van der Waals surface area contributed by atoms with E-state index in [9.17, 15) is 4.79 Å². The fraction of sp³-hybridized carbons (Fsp3) is 0.167. The number of hydrogen-bond donors (Lipinski definition) is 1. The molecule has 1 aromatic heterocycles. The minimum atomic E-state index is -0.0229. The zero-order valence-electron chi connectivity index (χ0n) is 16.3. The maximum atomic E-state index is 12.6. The fourth-order valence-electron chi connectivity index (χ4n) is 3.40. The van der Waals surface area contributed by atoms with Gasteiger partial charge in [-0.2, -0.15) is 0 Å². The number of imidazole rings is 1. The molecule has 1 N–H and O–H groups in total. The Bertz CT molecular complexity index is 1120. The average Bonchev–Trinajstić information content (AvgIpc) is 3.12. The number of hydrogen-bond acceptors (Lipinski definition) is 3. The number of carbonyl (C=O) groups is 1. The molecule has 4 rings (SSSR count). The van der Waals surface area contributed by atoms with Gasteiger partial charge in [-0.25, -0.2) is 4.98 Å². The van der Waals surface area contributed by atoms with Crippen LogP contribution in [-0.4, -0.2) is 21.2 Å². The summed E-state index contributed by atoms with van der Waals surface area (Å²) in [6, 6.07) is 26.3. The Morgan fingerprint density at radius 3 is 2.52 bits per heavy atom. The summed E-state index contributed by atoms with van der Waals surface area (Å²) in [5, 5.41) is 3.95. The zero-order chi connectivity index (χ0) is 20.1. The molecule has 0 saturated heterocycles. The van der Waals surface area contributed by atoms with Gasteiger partial charge >= 0.3 is 0 Å². The van der Waals surface area contributed by atoms with Crippen molar-refractivity contribution in [3.63, 3.8) is 0 Å². The highest BCUT2D eigenvalue weighted by molar-refractivity contribution is 7.99. The molecule has 3 aromatic carbocycles. The summed E-state index contributed by atoms with van der Waals surface area (Å²) in [4.78, 5) is 17.3. The van der Waals surface area contributed by atoms with Crippen LogP contribution in [0.2, 0.25) is 0 Å². The molecule has 5 heteroatoms. The fourth-order valence-corrected chi connectivity index (χ4v) is 4.28.